The number of amides is 2. The Morgan fingerprint density at radius 2 is 1.62 bits per heavy atom. The molecule has 1 N–H and O–H groups in total. The van der Waals surface area contributed by atoms with Crippen LogP contribution in [0.25, 0.3) is 0 Å². The lowest BCUT2D eigenvalue weighted by atomic mass is 10.1. The van der Waals surface area contributed by atoms with Crippen LogP contribution in [0, 0.1) is 10.1 Å². The summed E-state index contributed by atoms with van der Waals surface area (Å²) in [5.74, 6) is 0.551. The van der Waals surface area contributed by atoms with E-state index in [-0.39, 0.29) is 24.2 Å². The van der Waals surface area contributed by atoms with E-state index in [2.05, 4.69) is 12.2 Å². The van der Waals surface area contributed by atoms with Gasteiger partial charge in [-0.3, -0.25) is 14.9 Å². The van der Waals surface area contributed by atoms with Crippen molar-refractivity contribution in [2.45, 2.75) is 136 Å². The van der Waals surface area contributed by atoms with Crippen LogP contribution >= 0.6 is 0 Å². The summed E-state index contributed by atoms with van der Waals surface area (Å²) in [7, 11) is 1.71. The quantitative estimate of drug-likeness (QED) is 0.0979. The van der Waals surface area contributed by atoms with Gasteiger partial charge in [0, 0.05) is 44.3 Å². The Morgan fingerprint density at radius 3 is 2.25 bits per heavy atom. The molecule has 0 aromatic heterocycles. The molecule has 228 valence electrons. The summed E-state index contributed by atoms with van der Waals surface area (Å²) in [5.41, 5.74) is 0.0852. The molecule has 0 fully saturated rings. The van der Waals surface area contributed by atoms with Crippen LogP contribution < -0.4 is 10.1 Å². The van der Waals surface area contributed by atoms with E-state index in [4.69, 9.17) is 9.47 Å². The van der Waals surface area contributed by atoms with E-state index in [0.29, 0.717) is 30.7 Å². The Kier molecular flexibility index (Phi) is 17.0. The first kappa shape index (κ1) is 35.2. The number of hydrogen-bond donors (Lipinski definition) is 1. The van der Waals surface area contributed by atoms with Crippen LogP contribution in [0.1, 0.15) is 124 Å². The minimum absolute atomic E-state index is 0.0172. The number of non-ortho nitro benzene ring substituents is 1. The molecule has 0 radical (unpaired) electrons. The van der Waals surface area contributed by atoms with Gasteiger partial charge in [-0.1, -0.05) is 58.3 Å². The molecule has 1 aromatic rings. The van der Waals surface area contributed by atoms with Crippen molar-refractivity contribution in [2.75, 3.05) is 13.6 Å². The molecule has 1 rings (SSSR count). The number of nitrogens with one attached hydrogen (secondary N) is 1. The highest BCUT2D eigenvalue weighted by Crippen LogP contribution is 2.27. The molecule has 2 amide bonds. The fourth-order valence-corrected chi connectivity index (χ4v) is 4.38. The minimum atomic E-state index is -0.531. The second-order valence-corrected chi connectivity index (χ2v) is 11.7. The first-order valence-corrected chi connectivity index (χ1v) is 15.1. The number of benzene rings is 1. The van der Waals surface area contributed by atoms with Crippen molar-refractivity contribution in [1.82, 2.24) is 10.2 Å². The van der Waals surface area contributed by atoms with Crippen molar-refractivity contribution in [3.63, 3.8) is 0 Å². The number of unbranched alkanes of at least 4 members (excludes halogenated alkanes) is 9. The lowest BCUT2D eigenvalue weighted by Gasteiger charge is -2.21. The van der Waals surface area contributed by atoms with E-state index in [0.717, 1.165) is 25.7 Å². The summed E-state index contributed by atoms with van der Waals surface area (Å²) in [5, 5.41) is 14.1. The average molecular weight is 564 g/mol. The Balaban J connectivity index is 2.51. The number of carbonyl (C=O) groups excluding carboxylic acids is 2. The van der Waals surface area contributed by atoms with E-state index >= 15 is 0 Å². The maximum atomic E-state index is 12.7. The summed E-state index contributed by atoms with van der Waals surface area (Å²) in [6.45, 7) is 10.4. The number of ether oxygens (including phenoxy) is 2. The second-order valence-electron chi connectivity index (χ2n) is 11.7. The molecule has 0 aliphatic heterocycles. The van der Waals surface area contributed by atoms with Gasteiger partial charge in [-0.05, 0) is 59.4 Å². The van der Waals surface area contributed by atoms with E-state index in [1.165, 1.54) is 57.1 Å². The topological polar surface area (TPSA) is 111 Å². The fraction of sp³-hybridized carbons (Fsp3) is 0.742. The summed E-state index contributed by atoms with van der Waals surface area (Å²) in [6.07, 6.45) is 13.1. The van der Waals surface area contributed by atoms with Gasteiger partial charge in [-0.15, -0.1) is 0 Å². The zero-order valence-corrected chi connectivity index (χ0v) is 25.8. The van der Waals surface area contributed by atoms with Gasteiger partial charge >= 0.3 is 6.09 Å². The number of nitro groups is 1. The summed E-state index contributed by atoms with van der Waals surface area (Å²) in [6, 6.07) is 4.60. The molecular formula is C31H53N3O6. The Labute approximate surface area is 241 Å². The molecule has 0 saturated carbocycles. The number of alkyl carbamates (subject to hydrolysis) is 1. The van der Waals surface area contributed by atoms with E-state index < -0.39 is 16.6 Å². The minimum Gasteiger partial charge on any atom is -0.490 e. The molecule has 40 heavy (non-hydrogen) atoms. The van der Waals surface area contributed by atoms with Crippen LogP contribution in [0.4, 0.5) is 10.5 Å². The van der Waals surface area contributed by atoms with E-state index in [9.17, 15) is 19.7 Å². The van der Waals surface area contributed by atoms with Crippen LogP contribution in [-0.2, 0) is 16.1 Å². The van der Waals surface area contributed by atoms with Gasteiger partial charge in [0.25, 0.3) is 5.69 Å². The normalized spacial score (nSPS) is 12.1. The summed E-state index contributed by atoms with van der Waals surface area (Å²) < 4.78 is 11.4. The smallest absolute Gasteiger partial charge is 0.407 e. The molecule has 0 aliphatic carbocycles. The van der Waals surface area contributed by atoms with Crippen molar-refractivity contribution < 1.29 is 24.0 Å². The molecule has 0 bridgehead atoms. The van der Waals surface area contributed by atoms with Crippen LogP contribution in [-0.4, -0.2) is 47.1 Å². The van der Waals surface area contributed by atoms with Crippen molar-refractivity contribution in [1.29, 1.82) is 0 Å². The molecule has 1 aromatic carbocycles. The third-order valence-electron chi connectivity index (χ3n) is 6.62. The average Bonchev–Trinajstić information content (AvgIpc) is 2.87. The van der Waals surface area contributed by atoms with E-state index in [1.54, 1.807) is 18.0 Å². The predicted octanol–water partition coefficient (Wildman–Crippen LogP) is 7.94. The van der Waals surface area contributed by atoms with E-state index in [1.807, 2.05) is 27.7 Å². The highest BCUT2D eigenvalue weighted by molar-refractivity contribution is 5.76. The largest absolute Gasteiger partial charge is 0.490 e. The molecule has 9 nitrogen and oxygen atoms in total. The first-order chi connectivity index (χ1) is 18.9. The Hall–Kier alpha value is -2.84. The molecule has 0 spiro atoms. The highest BCUT2D eigenvalue weighted by atomic mass is 16.6. The maximum absolute atomic E-state index is 12.7. The highest BCUT2D eigenvalue weighted by Gasteiger charge is 2.18. The Bertz CT molecular complexity index is 900. The lowest BCUT2D eigenvalue weighted by Crippen LogP contribution is -2.33. The fourth-order valence-electron chi connectivity index (χ4n) is 4.38. The van der Waals surface area contributed by atoms with Crippen molar-refractivity contribution in [2.24, 2.45) is 0 Å². The van der Waals surface area contributed by atoms with Crippen LogP contribution in [0.3, 0.4) is 0 Å². The van der Waals surface area contributed by atoms with Gasteiger partial charge < -0.3 is 19.7 Å². The number of hydrogen-bond acceptors (Lipinski definition) is 6. The molecule has 0 saturated heterocycles. The molecular weight excluding hydrogens is 510 g/mol. The first-order valence-electron chi connectivity index (χ1n) is 15.1. The van der Waals surface area contributed by atoms with Gasteiger partial charge in [-0.2, -0.15) is 0 Å². The van der Waals surface area contributed by atoms with Gasteiger partial charge in [0.1, 0.15) is 11.4 Å². The Morgan fingerprint density at radius 1 is 1.00 bits per heavy atom. The zero-order chi connectivity index (χ0) is 30.0. The van der Waals surface area contributed by atoms with Crippen molar-refractivity contribution in [3.05, 3.63) is 33.9 Å². The molecule has 0 heterocycles. The molecule has 9 heteroatoms. The van der Waals surface area contributed by atoms with Crippen molar-refractivity contribution in [3.8, 4) is 5.75 Å². The van der Waals surface area contributed by atoms with Gasteiger partial charge in [0.05, 0.1) is 11.0 Å². The molecule has 1 atom stereocenters. The number of rotatable bonds is 20. The van der Waals surface area contributed by atoms with Gasteiger partial charge in [0.2, 0.25) is 5.91 Å². The third kappa shape index (κ3) is 16.3. The number of nitro benzene ring substituents is 1. The summed E-state index contributed by atoms with van der Waals surface area (Å²) >= 11 is 0. The van der Waals surface area contributed by atoms with Gasteiger partial charge in [0.15, 0.2) is 0 Å². The van der Waals surface area contributed by atoms with Crippen molar-refractivity contribution >= 4 is 17.7 Å². The van der Waals surface area contributed by atoms with Gasteiger partial charge in [-0.25, -0.2) is 4.79 Å². The second kappa shape index (κ2) is 19.3. The zero-order valence-electron chi connectivity index (χ0n) is 25.8. The predicted molar refractivity (Wildman–Crippen MR) is 160 cm³/mol. The molecule has 1 unspecified atom stereocenters. The maximum Gasteiger partial charge on any atom is 0.407 e. The lowest BCUT2D eigenvalue weighted by molar-refractivity contribution is -0.385. The monoisotopic (exact) mass is 563 g/mol. The third-order valence-corrected chi connectivity index (χ3v) is 6.62. The standard InChI is InChI=1S/C31H53N3O6/c1-7-8-9-10-11-12-13-15-18-25(2)39-28-21-20-27(34(37)38)23-26(28)24-33(6)29(35)19-16-14-17-22-32-30(36)40-31(3,4)5/h20-21,23,25H,7-19,22,24H2,1-6H3,(H,32,36). The molecule has 0 aliphatic rings. The van der Waals surface area contributed by atoms with Crippen LogP contribution in [0.15, 0.2) is 18.2 Å². The van der Waals surface area contributed by atoms with Crippen LogP contribution in [0.2, 0.25) is 0 Å². The SMILES string of the molecule is CCCCCCCCCCC(C)Oc1ccc([N+](=O)[O-])cc1CN(C)C(=O)CCCCCNC(=O)OC(C)(C)C. The summed E-state index contributed by atoms with van der Waals surface area (Å²) in [4.78, 5) is 37.0. The number of nitrogens with zero attached hydrogens (tertiary/aromatic N) is 2. The van der Waals surface area contributed by atoms with Crippen LogP contribution in [0.5, 0.6) is 5.75 Å². The number of carbonyl (C=O) groups is 2.